The molecule has 0 aromatic carbocycles. The number of hydrogen-bond donors (Lipinski definition) is 0. The Labute approximate surface area is 144 Å². The van der Waals surface area contributed by atoms with Gasteiger partial charge in [0.1, 0.15) is 0 Å². The van der Waals surface area contributed by atoms with Crippen LogP contribution in [-0.4, -0.2) is 0 Å². The molecule has 2 aliphatic rings. The number of unbranched alkanes of at least 4 members (excludes halogenated alkanes) is 1. The second-order valence-electron chi connectivity index (χ2n) is 8.26. The van der Waals surface area contributed by atoms with Gasteiger partial charge in [0.2, 0.25) is 0 Å². The van der Waals surface area contributed by atoms with Crippen molar-refractivity contribution in [2.75, 3.05) is 0 Å². The van der Waals surface area contributed by atoms with Gasteiger partial charge in [0, 0.05) is 0 Å². The van der Waals surface area contributed by atoms with Crippen LogP contribution in [0.4, 0.5) is 0 Å². The standard InChI is InChI=1S/C22H37N/c1-3-5-7-15-22(18-23)16-13-21(14-17-22)20-11-9-19(10-12-20)8-6-4-2/h3,5,19-21H,4,6-17H2,1-2H3/b5-3+/t19?,20?,21-,22+. The van der Waals surface area contributed by atoms with Crippen molar-refractivity contribution in [1.82, 2.24) is 0 Å². The van der Waals surface area contributed by atoms with E-state index < -0.39 is 0 Å². The monoisotopic (exact) mass is 315 g/mol. The van der Waals surface area contributed by atoms with E-state index >= 15 is 0 Å². The van der Waals surface area contributed by atoms with Gasteiger partial charge in [-0.1, -0.05) is 51.2 Å². The molecule has 0 bridgehead atoms. The van der Waals surface area contributed by atoms with Gasteiger partial charge in [-0.15, -0.1) is 0 Å². The van der Waals surface area contributed by atoms with Crippen LogP contribution in [0, 0.1) is 34.5 Å². The van der Waals surface area contributed by atoms with Gasteiger partial charge in [0.05, 0.1) is 11.5 Å². The highest BCUT2D eigenvalue weighted by Gasteiger charge is 2.38. The predicted octanol–water partition coefficient (Wildman–Crippen LogP) is 7.04. The minimum absolute atomic E-state index is 0.00562. The molecular formula is C22H37N. The van der Waals surface area contributed by atoms with Crippen LogP contribution in [0.25, 0.3) is 0 Å². The van der Waals surface area contributed by atoms with Gasteiger partial charge < -0.3 is 0 Å². The van der Waals surface area contributed by atoms with E-state index in [9.17, 15) is 5.26 Å². The molecule has 1 heteroatoms. The topological polar surface area (TPSA) is 23.8 Å². The summed E-state index contributed by atoms with van der Waals surface area (Å²) in [5.74, 6) is 2.92. The maximum absolute atomic E-state index is 9.68. The molecule has 1 nitrogen and oxygen atoms in total. The molecule has 0 unspecified atom stereocenters. The highest BCUT2D eigenvalue weighted by atomic mass is 14.4. The molecule has 130 valence electrons. The highest BCUT2D eigenvalue weighted by molar-refractivity contribution is 5.03. The van der Waals surface area contributed by atoms with Gasteiger partial charge in [-0.3, -0.25) is 0 Å². The number of allylic oxidation sites excluding steroid dienone is 2. The normalized spacial score (nSPS) is 35.3. The first kappa shape index (κ1) is 18.6. The van der Waals surface area contributed by atoms with Crippen molar-refractivity contribution in [3.63, 3.8) is 0 Å². The molecule has 23 heavy (non-hydrogen) atoms. The molecule has 0 spiro atoms. The summed E-state index contributed by atoms with van der Waals surface area (Å²) in [6.45, 7) is 4.39. The van der Waals surface area contributed by atoms with E-state index in [0.717, 1.165) is 43.4 Å². The van der Waals surface area contributed by atoms with Crippen LogP contribution in [0.15, 0.2) is 12.2 Å². The first-order chi connectivity index (χ1) is 11.2. The Morgan fingerprint density at radius 2 is 1.70 bits per heavy atom. The van der Waals surface area contributed by atoms with Crippen LogP contribution in [0.2, 0.25) is 0 Å². The number of rotatable bonds is 7. The van der Waals surface area contributed by atoms with E-state index in [1.165, 1.54) is 57.8 Å². The molecule has 0 N–H and O–H groups in total. The van der Waals surface area contributed by atoms with Crippen molar-refractivity contribution >= 4 is 0 Å². The fraction of sp³-hybridized carbons (Fsp3) is 0.864. The van der Waals surface area contributed by atoms with E-state index in [1.54, 1.807) is 0 Å². The Hall–Kier alpha value is -0.770. The van der Waals surface area contributed by atoms with Gasteiger partial charge in [-0.25, -0.2) is 0 Å². The summed E-state index contributed by atoms with van der Waals surface area (Å²) in [5.41, 5.74) is -0.00562. The molecule has 2 fully saturated rings. The van der Waals surface area contributed by atoms with Gasteiger partial charge in [0.25, 0.3) is 0 Å². The average molecular weight is 316 g/mol. The van der Waals surface area contributed by atoms with Crippen molar-refractivity contribution in [3.8, 4) is 6.07 Å². The summed E-state index contributed by atoms with van der Waals surface area (Å²) >= 11 is 0. The average Bonchev–Trinajstić information content (AvgIpc) is 2.61. The molecule has 2 saturated carbocycles. The number of nitrogens with zero attached hydrogens (tertiary/aromatic N) is 1. The largest absolute Gasteiger partial charge is 0.198 e. The second kappa shape index (κ2) is 9.51. The predicted molar refractivity (Wildman–Crippen MR) is 99.0 cm³/mol. The second-order valence-corrected chi connectivity index (χ2v) is 8.26. The first-order valence-corrected chi connectivity index (χ1v) is 10.3. The van der Waals surface area contributed by atoms with Gasteiger partial charge >= 0.3 is 0 Å². The molecule has 0 saturated heterocycles. The highest BCUT2D eigenvalue weighted by Crippen LogP contribution is 2.47. The van der Waals surface area contributed by atoms with Crippen LogP contribution >= 0.6 is 0 Å². The summed E-state index contributed by atoms with van der Waals surface area (Å²) in [7, 11) is 0. The first-order valence-electron chi connectivity index (χ1n) is 10.3. The van der Waals surface area contributed by atoms with Crippen LogP contribution in [0.1, 0.15) is 97.3 Å². The molecular weight excluding hydrogens is 278 g/mol. The SMILES string of the molecule is C/C=C/CC[C@]1(C#N)CC[C@@H](C2CCC(CCCC)CC2)CC1. The molecule has 0 atom stereocenters. The lowest BCUT2D eigenvalue weighted by Crippen LogP contribution is -2.31. The lowest BCUT2D eigenvalue weighted by atomic mass is 9.63. The van der Waals surface area contributed by atoms with E-state index in [4.69, 9.17) is 0 Å². The zero-order valence-corrected chi connectivity index (χ0v) is 15.5. The fourth-order valence-electron chi connectivity index (χ4n) is 5.05. The smallest absolute Gasteiger partial charge is 0.0689 e. The molecule has 0 radical (unpaired) electrons. The Kier molecular flexibility index (Phi) is 7.68. The molecule has 2 aliphatic carbocycles. The molecule has 0 aliphatic heterocycles. The summed E-state index contributed by atoms with van der Waals surface area (Å²) < 4.78 is 0. The van der Waals surface area contributed by atoms with Crippen molar-refractivity contribution in [2.24, 2.45) is 23.2 Å². The zero-order valence-electron chi connectivity index (χ0n) is 15.5. The van der Waals surface area contributed by atoms with Gasteiger partial charge in [-0.2, -0.15) is 5.26 Å². The van der Waals surface area contributed by atoms with E-state index in [0.29, 0.717) is 0 Å². The molecule has 0 heterocycles. The van der Waals surface area contributed by atoms with Crippen LogP contribution < -0.4 is 0 Å². The van der Waals surface area contributed by atoms with E-state index in [-0.39, 0.29) is 5.41 Å². The summed E-state index contributed by atoms with van der Waals surface area (Å²) in [5, 5.41) is 9.68. The quantitative estimate of drug-likeness (QED) is 0.462. The lowest BCUT2D eigenvalue weighted by Gasteiger charge is -2.40. The lowest BCUT2D eigenvalue weighted by molar-refractivity contribution is 0.116. The third-order valence-corrected chi connectivity index (χ3v) is 6.77. The fourth-order valence-corrected chi connectivity index (χ4v) is 5.05. The zero-order chi connectivity index (χ0) is 16.5. The van der Waals surface area contributed by atoms with Crippen molar-refractivity contribution in [3.05, 3.63) is 12.2 Å². The van der Waals surface area contributed by atoms with Crippen molar-refractivity contribution in [1.29, 1.82) is 5.26 Å². The molecule has 0 amide bonds. The third-order valence-electron chi connectivity index (χ3n) is 6.77. The van der Waals surface area contributed by atoms with Crippen LogP contribution in [0.3, 0.4) is 0 Å². The Morgan fingerprint density at radius 1 is 1.04 bits per heavy atom. The Morgan fingerprint density at radius 3 is 2.26 bits per heavy atom. The van der Waals surface area contributed by atoms with E-state index in [1.807, 2.05) is 0 Å². The molecule has 2 rings (SSSR count). The number of hydrogen-bond acceptors (Lipinski definition) is 1. The van der Waals surface area contributed by atoms with E-state index in [2.05, 4.69) is 32.1 Å². The summed E-state index contributed by atoms with van der Waals surface area (Å²) in [6, 6.07) is 2.70. The maximum Gasteiger partial charge on any atom is 0.0689 e. The maximum atomic E-state index is 9.68. The number of nitriles is 1. The van der Waals surface area contributed by atoms with Crippen molar-refractivity contribution in [2.45, 2.75) is 97.3 Å². The van der Waals surface area contributed by atoms with Gasteiger partial charge in [-0.05, 0) is 76.0 Å². The Balaban J connectivity index is 1.75. The molecule has 0 aromatic heterocycles. The van der Waals surface area contributed by atoms with Gasteiger partial charge in [0.15, 0.2) is 0 Å². The van der Waals surface area contributed by atoms with Crippen molar-refractivity contribution < 1.29 is 0 Å². The third kappa shape index (κ3) is 5.37. The summed E-state index contributed by atoms with van der Waals surface area (Å²) in [4.78, 5) is 0. The minimum atomic E-state index is -0.00562. The minimum Gasteiger partial charge on any atom is -0.198 e. The summed E-state index contributed by atoms with van der Waals surface area (Å²) in [6.07, 6.45) is 21.6. The molecule has 0 aromatic rings. The van der Waals surface area contributed by atoms with Crippen LogP contribution in [0.5, 0.6) is 0 Å². The van der Waals surface area contributed by atoms with Crippen LogP contribution in [-0.2, 0) is 0 Å². The Bertz CT molecular complexity index is 387.